The molecule has 0 N–H and O–H groups in total. The maximum Gasteiger partial charge on any atom is 0.180 e. The molecule has 2 aliphatic rings. The van der Waals surface area contributed by atoms with Gasteiger partial charge in [0.05, 0.1) is 11.0 Å². The van der Waals surface area contributed by atoms with Crippen LogP contribution in [0.25, 0.3) is 0 Å². The number of hydrogen-bond acceptors (Lipinski definition) is 3. The van der Waals surface area contributed by atoms with Crippen molar-refractivity contribution < 1.29 is 14.3 Å². The molecule has 0 fully saturated rings. The molecule has 3 nitrogen and oxygen atoms in total. The lowest BCUT2D eigenvalue weighted by molar-refractivity contribution is -0.135. The summed E-state index contributed by atoms with van der Waals surface area (Å²) in [4.78, 5) is 24.4. The van der Waals surface area contributed by atoms with Crippen molar-refractivity contribution in [3.05, 3.63) is 34.8 Å². The van der Waals surface area contributed by atoms with Gasteiger partial charge in [-0.05, 0) is 44.4 Å². The van der Waals surface area contributed by atoms with Gasteiger partial charge in [-0.25, -0.2) is 0 Å². The van der Waals surface area contributed by atoms with Crippen molar-refractivity contribution in [2.45, 2.75) is 34.1 Å². The number of hydrogen-bond donors (Lipinski definition) is 0. The lowest BCUT2D eigenvalue weighted by Gasteiger charge is -2.32. The van der Waals surface area contributed by atoms with Crippen molar-refractivity contribution in [2.75, 3.05) is 0 Å². The van der Waals surface area contributed by atoms with Crippen LogP contribution < -0.4 is 0 Å². The Labute approximate surface area is 101 Å². The molecule has 0 aromatic carbocycles. The SMILES string of the molecule is CC[C@@]1(C)C(=O)C=C2C(=COC(C)=C2C)C1=O. The number of rotatable bonds is 1. The van der Waals surface area contributed by atoms with Gasteiger partial charge in [0.25, 0.3) is 0 Å². The van der Waals surface area contributed by atoms with E-state index < -0.39 is 5.41 Å². The molecule has 1 heterocycles. The van der Waals surface area contributed by atoms with E-state index in [0.717, 1.165) is 16.9 Å². The molecule has 0 amide bonds. The van der Waals surface area contributed by atoms with Gasteiger partial charge in [0, 0.05) is 0 Å². The summed E-state index contributed by atoms with van der Waals surface area (Å²) < 4.78 is 5.35. The number of allylic oxidation sites excluding steroid dienone is 5. The Morgan fingerprint density at radius 3 is 2.47 bits per heavy atom. The molecule has 3 heteroatoms. The van der Waals surface area contributed by atoms with Gasteiger partial charge in [0.15, 0.2) is 11.6 Å². The fourth-order valence-corrected chi connectivity index (χ4v) is 2.09. The summed E-state index contributed by atoms with van der Waals surface area (Å²) in [5.41, 5.74) is 1.18. The molecule has 0 aromatic rings. The van der Waals surface area contributed by atoms with Gasteiger partial charge in [-0.2, -0.15) is 0 Å². The van der Waals surface area contributed by atoms with E-state index in [4.69, 9.17) is 4.74 Å². The Hall–Kier alpha value is -1.64. The first-order valence-corrected chi connectivity index (χ1v) is 5.77. The van der Waals surface area contributed by atoms with Crippen LogP contribution >= 0.6 is 0 Å². The van der Waals surface area contributed by atoms with Crippen molar-refractivity contribution in [2.24, 2.45) is 5.41 Å². The largest absolute Gasteiger partial charge is 0.469 e. The Morgan fingerprint density at radius 1 is 1.24 bits per heavy atom. The van der Waals surface area contributed by atoms with Crippen LogP contribution in [0.3, 0.4) is 0 Å². The summed E-state index contributed by atoms with van der Waals surface area (Å²) in [6, 6.07) is 0. The molecule has 90 valence electrons. The maximum absolute atomic E-state index is 12.3. The predicted octanol–water partition coefficient (Wildman–Crippen LogP) is 2.69. The number of ether oxygens (including phenoxy) is 1. The minimum absolute atomic E-state index is 0.105. The lowest BCUT2D eigenvalue weighted by atomic mass is 9.69. The molecule has 0 aromatic heterocycles. The van der Waals surface area contributed by atoms with E-state index in [0.29, 0.717) is 12.0 Å². The maximum atomic E-state index is 12.3. The third-order valence-electron chi connectivity index (χ3n) is 3.85. The van der Waals surface area contributed by atoms with E-state index in [1.165, 1.54) is 6.26 Å². The minimum Gasteiger partial charge on any atom is -0.469 e. The molecule has 0 saturated carbocycles. The average molecular weight is 232 g/mol. The van der Waals surface area contributed by atoms with Crippen LogP contribution in [0.5, 0.6) is 0 Å². The highest BCUT2D eigenvalue weighted by Gasteiger charge is 2.45. The second-order valence-electron chi connectivity index (χ2n) is 4.77. The average Bonchev–Trinajstić information content (AvgIpc) is 2.32. The topological polar surface area (TPSA) is 43.4 Å². The second-order valence-corrected chi connectivity index (χ2v) is 4.77. The summed E-state index contributed by atoms with van der Waals surface area (Å²) in [6.45, 7) is 7.24. The fourth-order valence-electron chi connectivity index (χ4n) is 2.09. The third-order valence-corrected chi connectivity index (χ3v) is 3.85. The number of carbonyl (C=O) groups excluding carboxylic acids is 2. The number of ketones is 2. The van der Waals surface area contributed by atoms with Gasteiger partial charge in [-0.15, -0.1) is 0 Å². The molecule has 2 rings (SSSR count). The van der Waals surface area contributed by atoms with Crippen LogP contribution in [0.1, 0.15) is 34.1 Å². The first kappa shape index (κ1) is 11.8. The predicted molar refractivity (Wildman–Crippen MR) is 64.0 cm³/mol. The summed E-state index contributed by atoms with van der Waals surface area (Å²) >= 11 is 0. The van der Waals surface area contributed by atoms with E-state index in [9.17, 15) is 9.59 Å². The molecule has 0 radical (unpaired) electrons. The summed E-state index contributed by atoms with van der Waals surface area (Å²) in [5, 5.41) is 0. The van der Waals surface area contributed by atoms with Gasteiger partial charge >= 0.3 is 0 Å². The fraction of sp³-hybridized carbons (Fsp3) is 0.429. The third kappa shape index (κ3) is 1.49. The van der Waals surface area contributed by atoms with E-state index in [1.807, 2.05) is 20.8 Å². The van der Waals surface area contributed by atoms with Crippen molar-refractivity contribution >= 4 is 11.6 Å². The Morgan fingerprint density at radius 2 is 1.88 bits per heavy atom. The Kier molecular flexibility index (Phi) is 2.57. The highest BCUT2D eigenvalue weighted by atomic mass is 16.5. The zero-order valence-corrected chi connectivity index (χ0v) is 10.6. The molecular weight excluding hydrogens is 216 g/mol. The van der Waals surface area contributed by atoms with E-state index in [-0.39, 0.29) is 11.6 Å². The Balaban J connectivity index is 2.60. The molecular formula is C14H16O3. The van der Waals surface area contributed by atoms with E-state index in [2.05, 4.69) is 0 Å². The Bertz CT molecular complexity index is 506. The molecule has 0 saturated heterocycles. The van der Waals surface area contributed by atoms with E-state index in [1.54, 1.807) is 13.0 Å². The molecule has 0 bridgehead atoms. The normalized spacial score (nSPS) is 28.5. The minimum atomic E-state index is -0.926. The molecule has 1 aliphatic heterocycles. The molecule has 1 aliphatic carbocycles. The van der Waals surface area contributed by atoms with Gasteiger partial charge in [-0.3, -0.25) is 9.59 Å². The molecule has 17 heavy (non-hydrogen) atoms. The molecule has 1 atom stereocenters. The standard InChI is InChI=1S/C14H16O3/c1-5-14(4)12(15)6-10-8(2)9(3)17-7-11(10)13(14)16/h6-7H,5H2,1-4H3/t14-/m0/s1. The summed E-state index contributed by atoms with van der Waals surface area (Å²) in [7, 11) is 0. The number of Topliss-reactive ketones (excluding diaryl/α,β-unsaturated/α-hetero) is 1. The molecule has 0 spiro atoms. The first-order valence-electron chi connectivity index (χ1n) is 5.77. The van der Waals surface area contributed by atoms with Crippen molar-refractivity contribution in [1.82, 2.24) is 0 Å². The lowest BCUT2D eigenvalue weighted by Crippen LogP contribution is -2.40. The summed E-state index contributed by atoms with van der Waals surface area (Å²) in [6.07, 6.45) is 3.56. The zero-order chi connectivity index (χ0) is 12.8. The van der Waals surface area contributed by atoms with Crippen molar-refractivity contribution in [3.8, 4) is 0 Å². The zero-order valence-electron chi connectivity index (χ0n) is 10.6. The highest BCUT2D eigenvalue weighted by Crippen LogP contribution is 2.40. The van der Waals surface area contributed by atoms with Crippen LogP contribution in [-0.2, 0) is 14.3 Å². The monoisotopic (exact) mass is 232 g/mol. The highest BCUT2D eigenvalue weighted by molar-refractivity contribution is 6.23. The van der Waals surface area contributed by atoms with Crippen LogP contribution in [0.4, 0.5) is 0 Å². The quantitative estimate of drug-likeness (QED) is 0.653. The van der Waals surface area contributed by atoms with Crippen molar-refractivity contribution in [3.63, 3.8) is 0 Å². The molecule has 0 unspecified atom stereocenters. The number of fused-ring (bicyclic) bond motifs is 1. The van der Waals surface area contributed by atoms with Crippen LogP contribution in [-0.4, -0.2) is 11.6 Å². The number of carbonyl (C=O) groups is 2. The second kappa shape index (κ2) is 3.69. The first-order chi connectivity index (χ1) is 7.91. The van der Waals surface area contributed by atoms with E-state index >= 15 is 0 Å². The van der Waals surface area contributed by atoms with Gasteiger partial charge in [-0.1, -0.05) is 6.92 Å². The van der Waals surface area contributed by atoms with Gasteiger partial charge in [0.2, 0.25) is 0 Å². The van der Waals surface area contributed by atoms with Crippen LogP contribution in [0, 0.1) is 5.41 Å². The van der Waals surface area contributed by atoms with Crippen LogP contribution in [0.2, 0.25) is 0 Å². The summed E-state index contributed by atoms with van der Waals surface area (Å²) in [5.74, 6) is 0.501. The smallest absolute Gasteiger partial charge is 0.180 e. The van der Waals surface area contributed by atoms with Crippen molar-refractivity contribution in [1.29, 1.82) is 0 Å². The van der Waals surface area contributed by atoms with Gasteiger partial charge < -0.3 is 4.74 Å². The van der Waals surface area contributed by atoms with Crippen LogP contribution in [0.15, 0.2) is 34.8 Å². The van der Waals surface area contributed by atoms with Gasteiger partial charge in [0.1, 0.15) is 12.0 Å².